The molecule has 0 atom stereocenters. The number of hydrogen-bond donors (Lipinski definition) is 1. The lowest BCUT2D eigenvalue weighted by atomic mass is 9.97. The number of alkyl halides is 3. The lowest BCUT2D eigenvalue weighted by molar-refractivity contribution is -0.137. The Bertz CT molecular complexity index is 1130. The quantitative estimate of drug-likeness (QED) is 0.705. The summed E-state index contributed by atoms with van der Waals surface area (Å²) in [7, 11) is -3.76. The number of piperidine rings is 1. The predicted octanol–water partition coefficient (Wildman–Crippen LogP) is 3.19. The minimum Gasteiger partial charge on any atom is -0.486 e. The van der Waals surface area contributed by atoms with E-state index in [9.17, 15) is 26.4 Å². The minimum atomic E-state index is -4.45. The van der Waals surface area contributed by atoms with Crippen LogP contribution in [-0.2, 0) is 27.5 Å². The van der Waals surface area contributed by atoms with Crippen molar-refractivity contribution in [3.63, 3.8) is 0 Å². The summed E-state index contributed by atoms with van der Waals surface area (Å²) in [5.41, 5.74) is -0.427. The monoisotopic (exact) mass is 484 g/mol. The molecule has 7 nitrogen and oxygen atoms in total. The van der Waals surface area contributed by atoms with Crippen LogP contribution in [-0.4, -0.2) is 44.9 Å². The maximum absolute atomic E-state index is 13.0. The van der Waals surface area contributed by atoms with Crippen LogP contribution in [0.15, 0.2) is 47.4 Å². The van der Waals surface area contributed by atoms with Gasteiger partial charge >= 0.3 is 6.18 Å². The molecule has 0 radical (unpaired) electrons. The first-order valence-electron chi connectivity index (χ1n) is 10.5. The van der Waals surface area contributed by atoms with Crippen molar-refractivity contribution in [2.45, 2.75) is 30.5 Å². The number of nitrogens with zero attached hydrogens (tertiary/aromatic N) is 1. The molecular weight excluding hydrogens is 461 g/mol. The summed E-state index contributed by atoms with van der Waals surface area (Å²) in [5, 5.41) is 2.66. The summed E-state index contributed by atoms with van der Waals surface area (Å²) >= 11 is 0. The fraction of sp³-hybridized carbons (Fsp3) is 0.409. The van der Waals surface area contributed by atoms with Gasteiger partial charge in [-0.05, 0) is 42.7 Å². The molecule has 0 aromatic heterocycles. The van der Waals surface area contributed by atoms with E-state index < -0.39 is 27.7 Å². The summed E-state index contributed by atoms with van der Waals surface area (Å²) < 4.78 is 76.8. The number of carbonyl (C=O) groups excluding carboxylic acids is 1. The molecule has 2 aliphatic rings. The lowest BCUT2D eigenvalue weighted by Gasteiger charge is -2.31. The number of ether oxygens (including phenoxy) is 2. The second-order valence-corrected chi connectivity index (χ2v) is 9.84. The Labute approximate surface area is 189 Å². The standard InChI is InChI=1S/C22H23F3N2O5S/c23-22(24,25)17-3-1-2-15(12-17)14-26-21(28)16-6-8-27(9-7-16)33(29,30)18-4-5-19-20(13-18)32-11-10-31-19/h1-5,12-13,16H,6-11,14H2,(H,26,28). The molecule has 1 saturated heterocycles. The molecule has 1 amide bonds. The fourth-order valence-corrected chi connectivity index (χ4v) is 5.37. The van der Waals surface area contributed by atoms with Gasteiger partial charge < -0.3 is 14.8 Å². The first kappa shape index (κ1) is 23.4. The van der Waals surface area contributed by atoms with E-state index in [0.29, 0.717) is 43.1 Å². The number of sulfonamides is 1. The largest absolute Gasteiger partial charge is 0.486 e. The molecule has 1 N–H and O–H groups in total. The van der Waals surface area contributed by atoms with Gasteiger partial charge in [0, 0.05) is 31.6 Å². The van der Waals surface area contributed by atoms with Crippen LogP contribution >= 0.6 is 0 Å². The molecule has 2 heterocycles. The molecule has 2 aromatic carbocycles. The van der Waals surface area contributed by atoms with Gasteiger partial charge in [0.05, 0.1) is 10.5 Å². The number of amides is 1. The first-order valence-corrected chi connectivity index (χ1v) is 11.9. The topological polar surface area (TPSA) is 84.9 Å². The number of hydrogen-bond acceptors (Lipinski definition) is 5. The summed E-state index contributed by atoms with van der Waals surface area (Å²) in [6.45, 7) is 1.05. The van der Waals surface area contributed by atoms with E-state index in [0.717, 1.165) is 12.1 Å². The zero-order valence-corrected chi connectivity index (χ0v) is 18.4. The summed E-state index contributed by atoms with van der Waals surface area (Å²) in [6, 6.07) is 9.26. The molecule has 0 aliphatic carbocycles. The van der Waals surface area contributed by atoms with Crippen LogP contribution in [0.2, 0.25) is 0 Å². The molecule has 2 aliphatic heterocycles. The Balaban J connectivity index is 1.33. The number of halogens is 3. The number of carbonyl (C=O) groups is 1. The Hall–Kier alpha value is -2.79. The highest BCUT2D eigenvalue weighted by Gasteiger charge is 2.33. The van der Waals surface area contributed by atoms with Crippen molar-refractivity contribution in [3.8, 4) is 11.5 Å². The Kier molecular flexibility index (Phi) is 6.53. The van der Waals surface area contributed by atoms with Gasteiger partial charge in [-0.2, -0.15) is 17.5 Å². The normalized spacial score (nSPS) is 17.5. The fourth-order valence-electron chi connectivity index (χ4n) is 3.88. The van der Waals surface area contributed by atoms with Crippen molar-refractivity contribution in [1.29, 1.82) is 0 Å². The van der Waals surface area contributed by atoms with Gasteiger partial charge in [-0.1, -0.05) is 12.1 Å². The molecule has 0 saturated carbocycles. The van der Waals surface area contributed by atoms with Crippen molar-refractivity contribution in [1.82, 2.24) is 9.62 Å². The number of nitrogens with one attached hydrogen (secondary N) is 1. The Morgan fingerprint density at radius 2 is 1.73 bits per heavy atom. The second kappa shape index (κ2) is 9.22. The van der Waals surface area contributed by atoms with Gasteiger partial charge in [0.15, 0.2) is 11.5 Å². The number of fused-ring (bicyclic) bond motifs is 1. The highest BCUT2D eigenvalue weighted by atomic mass is 32.2. The van der Waals surface area contributed by atoms with Crippen LogP contribution in [0, 0.1) is 5.92 Å². The van der Waals surface area contributed by atoms with Gasteiger partial charge in [0.2, 0.25) is 15.9 Å². The predicted molar refractivity (Wildman–Crippen MR) is 112 cm³/mol. The molecular formula is C22H23F3N2O5S. The minimum absolute atomic E-state index is 0.0293. The van der Waals surface area contributed by atoms with Gasteiger partial charge in [-0.15, -0.1) is 0 Å². The van der Waals surface area contributed by atoms with Crippen LogP contribution in [0.5, 0.6) is 11.5 Å². The average Bonchev–Trinajstić information content (AvgIpc) is 2.82. The van der Waals surface area contributed by atoms with Crippen LogP contribution in [0.3, 0.4) is 0 Å². The summed E-state index contributed by atoms with van der Waals surface area (Å²) in [5.74, 6) is 0.161. The molecule has 4 rings (SSSR count). The van der Waals surface area contributed by atoms with Gasteiger partial charge in [-0.25, -0.2) is 8.42 Å². The van der Waals surface area contributed by atoms with E-state index in [4.69, 9.17) is 9.47 Å². The molecule has 33 heavy (non-hydrogen) atoms. The van der Waals surface area contributed by atoms with E-state index in [1.807, 2.05) is 0 Å². The summed E-state index contributed by atoms with van der Waals surface area (Å²) in [4.78, 5) is 12.6. The maximum Gasteiger partial charge on any atom is 0.416 e. The van der Waals surface area contributed by atoms with Crippen molar-refractivity contribution in [3.05, 3.63) is 53.6 Å². The second-order valence-electron chi connectivity index (χ2n) is 7.90. The van der Waals surface area contributed by atoms with Crippen molar-refractivity contribution in [2.24, 2.45) is 5.92 Å². The van der Waals surface area contributed by atoms with Gasteiger partial charge in [0.1, 0.15) is 13.2 Å². The maximum atomic E-state index is 13.0. The highest BCUT2D eigenvalue weighted by Crippen LogP contribution is 2.34. The zero-order valence-electron chi connectivity index (χ0n) is 17.6. The molecule has 0 unspecified atom stereocenters. The third-order valence-corrected chi connectivity index (χ3v) is 7.59. The number of rotatable bonds is 5. The van der Waals surface area contributed by atoms with Crippen molar-refractivity contribution in [2.75, 3.05) is 26.3 Å². The zero-order chi connectivity index (χ0) is 23.6. The highest BCUT2D eigenvalue weighted by molar-refractivity contribution is 7.89. The third kappa shape index (κ3) is 5.25. The molecule has 11 heteroatoms. The Morgan fingerprint density at radius 3 is 2.42 bits per heavy atom. The third-order valence-electron chi connectivity index (χ3n) is 5.70. The molecule has 178 valence electrons. The van der Waals surface area contributed by atoms with E-state index in [1.54, 1.807) is 6.07 Å². The molecule has 1 fully saturated rings. The van der Waals surface area contributed by atoms with E-state index >= 15 is 0 Å². The van der Waals surface area contributed by atoms with Crippen LogP contribution in [0.25, 0.3) is 0 Å². The van der Waals surface area contributed by atoms with Crippen LogP contribution < -0.4 is 14.8 Å². The van der Waals surface area contributed by atoms with Crippen LogP contribution in [0.1, 0.15) is 24.0 Å². The van der Waals surface area contributed by atoms with E-state index in [2.05, 4.69) is 5.32 Å². The number of benzene rings is 2. The van der Waals surface area contributed by atoms with E-state index in [-0.39, 0.29) is 30.4 Å². The molecule has 2 aromatic rings. The van der Waals surface area contributed by atoms with Crippen molar-refractivity contribution >= 4 is 15.9 Å². The van der Waals surface area contributed by atoms with Gasteiger partial charge in [-0.3, -0.25) is 4.79 Å². The smallest absolute Gasteiger partial charge is 0.416 e. The molecule has 0 bridgehead atoms. The average molecular weight is 484 g/mol. The van der Waals surface area contributed by atoms with E-state index in [1.165, 1.54) is 28.6 Å². The SMILES string of the molecule is O=C(NCc1cccc(C(F)(F)F)c1)C1CCN(S(=O)(=O)c2ccc3c(c2)OCCO3)CC1. The first-order chi connectivity index (χ1) is 15.6. The van der Waals surface area contributed by atoms with Gasteiger partial charge in [0.25, 0.3) is 0 Å². The Morgan fingerprint density at radius 1 is 1.03 bits per heavy atom. The molecule has 0 spiro atoms. The lowest BCUT2D eigenvalue weighted by Crippen LogP contribution is -2.42. The van der Waals surface area contributed by atoms with Crippen molar-refractivity contribution < 1.29 is 35.9 Å². The van der Waals surface area contributed by atoms with Crippen LogP contribution in [0.4, 0.5) is 13.2 Å². The summed E-state index contributed by atoms with van der Waals surface area (Å²) in [6.07, 6.45) is -3.81.